The van der Waals surface area contributed by atoms with Crippen LogP contribution in [0.25, 0.3) is 0 Å². The van der Waals surface area contributed by atoms with E-state index in [2.05, 4.69) is 0 Å². The average molecular weight is 133 g/mol. The van der Waals surface area contributed by atoms with Gasteiger partial charge in [0.25, 0.3) is 0 Å². The van der Waals surface area contributed by atoms with Crippen LogP contribution in [0.5, 0.6) is 0 Å². The van der Waals surface area contributed by atoms with E-state index in [-0.39, 0.29) is 6.42 Å². The lowest BCUT2D eigenvalue weighted by Gasteiger charge is -2.10. The molecule has 2 unspecified atom stereocenters. The molecule has 4 heteroatoms. The molecular weight excluding hydrogens is 122 g/mol. The summed E-state index contributed by atoms with van der Waals surface area (Å²) in [6, 6.07) is -0.471. The third kappa shape index (κ3) is 3.93. The Morgan fingerprint density at radius 1 is 1.78 bits per heavy atom. The monoisotopic (exact) mass is 133 g/mol. The van der Waals surface area contributed by atoms with Crippen molar-refractivity contribution in [3.8, 4) is 0 Å². The summed E-state index contributed by atoms with van der Waals surface area (Å²) in [6.07, 6.45) is -1.21. The zero-order valence-electron chi connectivity index (χ0n) is 5.24. The van der Waals surface area contributed by atoms with Gasteiger partial charge in [0.15, 0.2) is 0 Å². The molecule has 0 saturated heterocycles. The highest BCUT2D eigenvalue weighted by molar-refractivity contribution is 5.67. The number of carboxylic acid groups (broad SMARTS) is 1. The quantitative estimate of drug-likeness (QED) is 0.469. The highest BCUT2D eigenvalue weighted by Crippen LogP contribution is 1.94. The van der Waals surface area contributed by atoms with Crippen LogP contribution in [-0.4, -0.2) is 28.3 Å². The van der Waals surface area contributed by atoms with E-state index in [4.69, 9.17) is 15.9 Å². The Labute approximate surface area is 53.3 Å². The van der Waals surface area contributed by atoms with Gasteiger partial charge < -0.3 is 15.9 Å². The predicted molar refractivity (Wildman–Crippen MR) is 31.9 cm³/mol. The SMILES string of the molecule is CC(N)C(O)CC(=O)O. The maximum atomic E-state index is 9.90. The van der Waals surface area contributed by atoms with Crippen LogP contribution in [0.1, 0.15) is 13.3 Å². The summed E-state index contributed by atoms with van der Waals surface area (Å²) in [4.78, 5) is 9.90. The second-order valence-electron chi connectivity index (χ2n) is 2.02. The summed E-state index contributed by atoms with van der Waals surface area (Å²) in [5.41, 5.74) is 5.17. The van der Waals surface area contributed by atoms with Gasteiger partial charge in [-0.25, -0.2) is 0 Å². The highest BCUT2D eigenvalue weighted by atomic mass is 16.4. The lowest BCUT2D eigenvalue weighted by molar-refractivity contribution is -0.139. The van der Waals surface area contributed by atoms with Gasteiger partial charge in [0.1, 0.15) is 0 Å². The van der Waals surface area contributed by atoms with Crippen molar-refractivity contribution >= 4 is 5.97 Å². The summed E-state index contributed by atoms with van der Waals surface area (Å²) in [5.74, 6) is -1.03. The Morgan fingerprint density at radius 3 is 2.33 bits per heavy atom. The first-order valence-electron chi connectivity index (χ1n) is 2.69. The molecule has 0 aromatic carbocycles. The highest BCUT2D eigenvalue weighted by Gasteiger charge is 2.12. The molecule has 0 bridgehead atoms. The van der Waals surface area contributed by atoms with E-state index in [1.807, 2.05) is 0 Å². The van der Waals surface area contributed by atoms with Crippen LogP contribution < -0.4 is 5.73 Å². The number of carbonyl (C=O) groups is 1. The van der Waals surface area contributed by atoms with Crippen molar-refractivity contribution in [1.82, 2.24) is 0 Å². The molecule has 0 saturated carbocycles. The Balaban J connectivity index is 3.50. The van der Waals surface area contributed by atoms with Crippen molar-refractivity contribution in [1.29, 1.82) is 0 Å². The molecule has 4 N–H and O–H groups in total. The standard InChI is InChI=1S/C5H11NO3/c1-3(6)4(7)2-5(8)9/h3-4,7H,2,6H2,1H3,(H,8,9). The van der Waals surface area contributed by atoms with Crippen LogP contribution in [0.4, 0.5) is 0 Å². The third-order valence-corrected chi connectivity index (χ3v) is 0.991. The van der Waals surface area contributed by atoms with Crippen molar-refractivity contribution in [3.63, 3.8) is 0 Å². The van der Waals surface area contributed by atoms with E-state index in [9.17, 15) is 4.79 Å². The molecule has 0 aliphatic heterocycles. The van der Waals surface area contributed by atoms with Gasteiger partial charge in [0.05, 0.1) is 12.5 Å². The third-order valence-electron chi connectivity index (χ3n) is 0.991. The summed E-state index contributed by atoms with van der Waals surface area (Å²) in [7, 11) is 0. The minimum absolute atomic E-state index is 0.280. The van der Waals surface area contributed by atoms with Crippen molar-refractivity contribution < 1.29 is 15.0 Å². The van der Waals surface area contributed by atoms with Crippen LogP contribution in [0, 0.1) is 0 Å². The van der Waals surface area contributed by atoms with Crippen molar-refractivity contribution in [2.45, 2.75) is 25.5 Å². The first kappa shape index (κ1) is 8.39. The first-order chi connectivity index (χ1) is 4.04. The lowest BCUT2D eigenvalue weighted by Crippen LogP contribution is -2.33. The number of hydrogen-bond acceptors (Lipinski definition) is 3. The van der Waals surface area contributed by atoms with Crippen LogP contribution in [-0.2, 0) is 4.79 Å². The largest absolute Gasteiger partial charge is 0.481 e. The molecule has 0 spiro atoms. The molecule has 0 fully saturated rings. The Bertz CT molecular complexity index is 102. The second-order valence-corrected chi connectivity index (χ2v) is 2.02. The molecule has 4 nitrogen and oxygen atoms in total. The lowest BCUT2D eigenvalue weighted by atomic mass is 10.1. The molecule has 0 aliphatic rings. The van der Waals surface area contributed by atoms with Crippen molar-refractivity contribution in [3.05, 3.63) is 0 Å². The molecule has 0 aromatic heterocycles. The average Bonchev–Trinajstić information content (AvgIpc) is 1.63. The van der Waals surface area contributed by atoms with Gasteiger partial charge in [-0.15, -0.1) is 0 Å². The van der Waals surface area contributed by atoms with Crippen LogP contribution in [0.3, 0.4) is 0 Å². The molecule has 0 amide bonds. The Morgan fingerprint density at radius 2 is 2.22 bits per heavy atom. The Kier molecular flexibility index (Phi) is 3.19. The minimum Gasteiger partial charge on any atom is -0.481 e. The zero-order chi connectivity index (χ0) is 7.44. The predicted octanol–water partition coefficient (Wildman–Crippen LogP) is -0.831. The molecule has 0 aromatic rings. The van der Waals surface area contributed by atoms with Gasteiger partial charge in [-0.3, -0.25) is 4.79 Å². The van der Waals surface area contributed by atoms with E-state index < -0.39 is 18.1 Å². The number of nitrogens with two attached hydrogens (primary N) is 1. The first-order valence-corrected chi connectivity index (χ1v) is 2.69. The van der Waals surface area contributed by atoms with E-state index in [0.29, 0.717) is 0 Å². The normalized spacial score (nSPS) is 16.8. The molecule has 54 valence electrons. The summed E-state index contributed by atoms with van der Waals surface area (Å²) < 4.78 is 0. The molecular formula is C5H11NO3. The summed E-state index contributed by atoms with van der Waals surface area (Å²) in [5, 5.41) is 16.9. The number of aliphatic hydroxyl groups excluding tert-OH is 1. The number of carboxylic acids is 1. The van der Waals surface area contributed by atoms with Gasteiger partial charge in [-0.1, -0.05) is 0 Å². The maximum Gasteiger partial charge on any atom is 0.306 e. The topological polar surface area (TPSA) is 83.5 Å². The minimum atomic E-state index is -1.03. The molecule has 0 aliphatic carbocycles. The fraction of sp³-hybridized carbons (Fsp3) is 0.800. The molecule has 2 atom stereocenters. The summed E-state index contributed by atoms with van der Waals surface area (Å²) in [6.45, 7) is 1.56. The molecule has 0 radical (unpaired) electrons. The van der Waals surface area contributed by atoms with Crippen LogP contribution in [0.2, 0.25) is 0 Å². The van der Waals surface area contributed by atoms with Crippen LogP contribution in [0.15, 0.2) is 0 Å². The second kappa shape index (κ2) is 3.42. The fourth-order valence-corrected chi connectivity index (χ4v) is 0.365. The summed E-state index contributed by atoms with van der Waals surface area (Å²) >= 11 is 0. The van der Waals surface area contributed by atoms with E-state index in [0.717, 1.165) is 0 Å². The van der Waals surface area contributed by atoms with E-state index in [1.165, 1.54) is 0 Å². The number of aliphatic carboxylic acids is 1. The van der Waals surface area contributed by atoms with Gasteiger partial charge in [0.2, 0.25) is 0 Å². The zero-order valence-corrected chi connectivity index (χ0v) is 5.24. The van der Waals surface area contributed by atoms with Crippen molar-refractivity contribution in [2.24, 2.45) is 5.73 Å². The van der Waals surface area contributed by atoms with E-state index in [1.54, 1.807) is 6.92 Å². The van der Waals surface area contributed by atoms with Gasteiger partial charge in [0, 0.05) is 6.04 Å². The van der Waals surface area contributed by atoms with E-state index >= 15 is 0 Å². The number of rotatable bonds is 3. The molecule has 9 heavy (non-hydrogen) atoms. The maximum absolute atomic E-state index is 9.90. The number of hydrogen-bond donors (Lipinski definition) is 3. The Hall–Kier alpha value is -0.610. The fourth-order valence-electron chi connectivity index (χ4n) is 0.365. The smallest absolute Gasteiger partial charge is 0.306 e. The number of aliphatic hydroxyl groups is 1. The van der Waals surface area contributed by atoms with Gasteiger partial charge >= 0.3 is 5.97 Å². The van der Waals surface area contributed by atoms with Gasteiger partial charge in [-0.2, -0.15) is 0 Å². The molecule has 0 rings (SSSR count). The molecule has 0 heterocycles. The van der Waals surface area contributed by atoms with Crippen LogP contribution >= 0.6 is 0 Å². The van der Waals surface area contributed by atoms with Gasteiger partial charge in [-0.05, 0) is 6.92 Å². The van der Waals surface area contributed by atoms with Crippen molar-refractivity contribution in [2.75, 3.05) is 0 Å².